The normalized spacial score (nSPS) is 27.3. The first-order valence-electron chi connectivity index (χ1n) is 12.5. The lowest BCUT2D eigenvalue weighted by Crippen LogP contribution is -2.43. The number of aromatic nitrogens is 4. The van der Waals surface area contributed by atoms with Gasteiger partial charge in [0.25, 0.3) is 0 Å². The number of hydrogen-bond donors (Lipinski definition) is 2. The van der Waals surface area contributed by atoms with E-state index in [0.29, 0.717) is 29.3 Å². The van der Waals surface area contributed by atoms with Gasteiger partial charge < -0.3 is 20.5 Å². The Kier molecular flexibility index (Phi) is 7.53. The first kappa shape index (κ1) is 25.3. The zero-order chi connectivity index (χ0) is 25.2. The largest absolute Gasteiger partial charge is 0.456 e. The molecular weight excluding hydrogens is 455 g/mol. The van der Waals surface area contributed by atoms with E-state index in [-0.39, 0.29) is 31.0 Å². The second kappa shape index (κ2) is 10.4. The van der Waals surface area contributed by atoms with E-state index in [1.807, 2.05) is 0 Å². The highest BCUT2D eigenvalue weighted by Gasteiger charge is 2.58. The minimum Gasteiger partial charge on any atom is -0.456 e. The number of anilines is 2. The predicted octanol–water partition coefficient (Wildman–Crippen LogP) is 3.72. The van der Waals surface area contributed by atoms with Crippen molar-refractivity contribution in [1.82, 2.24) is 19.5 Å². The molecule has 1 saturated heterocycles. The second-order valence-electron chi connectivity index (χ2n) is 9.73. The molecule has 0 aromatic carbocycles. The Labute approximate surface area is 204 Å². The number of hydrogen-bond acceptors (Lipinski definition) is 9. The highest BCUT2D eigenvalue weighted by molar-refractivity contribution is 5.84. The van der Waals surface area contributed by atoms with Gasteiger partial charge in [0.15, 0.2) is 35.0 Å². The number of nitrogens with one attached hydrogen (secondary N) is 1. The summed E-state index contributed by atoms with van der Waals surface area (Å²) in [6.07, 6.45) is 5.15. The lowest BCUT2D eigenvalue weighted by molar-refractivity contribution is -0.157. The zero-order valence-corrected chi connectivity index (χ0v) is 20.6. The number of nitrogen functional groups attached to an aromatic ring is 1. The number of imidazole rings is 1. The minimum absolute atomic E-state index is 0.000906. The van der Waals surface area contributed by atoms with Crippen LogP contribution in [0.25, 0.3) is 11.2 Å². The summed E-state index contributed by atoms with van der Waals surface area (Å²) >= 11 is 0. The molecule has 35 heavy (non-hydrogen) atoms. The summed E-state index contributed by atoms with van der Waals surface area (Å²) in [5.74, 6) is 0.445. The predicted molar refractivity (Wildman–Crippen MR) is 128 cm³/mol. The van der Waals surface area contributed by atoms with E-state index in [4.69, 9.17) is 15.2 Å². The van der Waals surface area contributed by atoms with Gasteiger partial charge in [-0.2, -0.15) is 9.97 Å². The van der Waals surface area contributed by atoms with Crippen molar-refractivity contribution in [1.29, 1.82) is 0 Å². The van der Waals surface area contributed by atoms with Crippen LogP contribution >= 0.6 is 0 Å². The molecule has 1 saturated carbocycles. The summed E-state index contributed by atoms with van der Waals surface area (Å²) in [4.78, 5) is 37.5. The van der Waals surface area contributed by atoms with Crippen LogP contribution in [0.5, 0.6) is 0 Å². The van der Waals surface area contributed by atoms with Crippen molar-refractivity contribution in [3.8, 4) is 0 Å². The third-order valence-electron chi connectivity index (χ3n) is 7.10. The molecule has 192 valence electrons. The van der Waals surface area contributed by atoms with Crippen molar-refractivity contribution in [3.63, 3.8) is 0 Å². The number of nitrogens with zero attached hydrogens (tertiary/aromatic N) is 4. The fraction of sp³-hybridized carbons (Fsp3) is 0.708. The van der Waals surface area contributed by atoms with E-state index in [0.717, 1.165) is 12.8 Å². The van der Waals surface area contributed by atoms with Gasteiger partial charge >= 0.3 is 5.97 Å². The summed E-state index contributed by atoms with van der Waals surface area (Å²) < 4.78 is 29.4. The van der Waals surface area contributed by atoms with Crippen LogP contribution in [-0.2, 0) is 19.1 Å². The smallest absolute Gasteiger partial charge is 0.305 e. The summed E-state index contributed by atoms with van der Waals surface area (Å²) in [6, 6.07) is 0. The lowest BCUT2D eigenvalue weighted by atomic mass is 9.85. The first-order valence-corrected chi connectivity index (χ1v) is 12.5. The molecule has 0 amide bonds. The fourth-order valence-electron chi connectivity index (χ4n) is 5.24. The minimum atomic E-state index is -2.10. The molecule has 3 heterocycles. The number of halogens is 1. The number of nitrogens with two attached hydrogens (primary N) is 1. The summed E-state index contributed by atoms with van der Waals surface area (Å²) in [6.45, 7) is 2.99. The molecule has 0 bridgehead atoms. The van der Waals surface area contributed by atoms with E-state index in [1.165, 1.54) is 37.1 Å². The molecule has 0 spiro atoms. The van der Waals surface area contributed by atoms with Crippen LogP contribution in [0.4, 0.5) is 16.2 Å². The van der Waals surface area contributed by atoms with Crippen LogP contribution in [0.1, 0.15) is 77.9 Å². The topological polar surface area (TPSA) is 134 Å². The van der Waals surface area contributed by atoms with Crippen molar-refractivity contribution in [3.05, 3.63) is 6.33 Å². The number of fused-ring (bicyclic) bond motifs is 1. The number of esters is 1. The number of carbonyl (C=O) groups is 2. The first-order chi connectivity index (χ1) is 16.7. The van der Waals surface area contributed by atoms with Crippen LogP contribution in [0.2, 0.25) is 0 Å². The highest BCUT2D eigenvalue weighted by atomic mass is 19.1. The van der Waals surface area contributed by atoms with Crippen molar-refractivity contribution < 1.29 is 23.5 Å². The van der Waals surface area contributed by atoms with Crippen LogP contribution in [0, 0.1) is 5.92 Å². The summed E-state index contributed by atoms with van der Waals surface area (Å²) in [5.41, 5.74) is 4.45. The molecule has 0 radical (unpaired) electrons. The van der Waals surface area contributed by atoms with Gasteiger partial charge in [0.05, 0.1) is 6.33 Å². The molecule has 4 atom stereocenters. The van der Waals surface area contributed by atoms with Crippen LogP contribution in [0.15, 0.2) is 6.33 Å². The molecule has 10 nitrogen and oxygen atoms in total. The van der Waals surface area contributed by atoms with Gasteiger partial charge in [-0.05, 0) is 19.3 Å². The van der Waals surface area contributed by atoms with Crippen molar-refractivity contribution >= 4 is 34.7 Å². The van der Waals surface area contributed by atoms with Gasteiger partial charge in [-0.3, -0.25) is 14.2 Å². The number of alkyl halides is 1. The molecule has 2 aromatic heterocycles. The monoisotopic (exact) mass is 490 g/mol. The molecule has 1 aliphatic heterocycles. The maximum absolute atomic E-state index is 16.3. The van der Waals surface area contributed by atoms with E-state index < -0.39 is 30.1 Å². The molecule has 2 fully saturated rings. The lowest BCUT2D eigenvalue weighted by Gasteiger charge is -2.27. The molecule has 11 heteroatoms. The third-order valence-corrected chi connectivity index (χ3v) is 7.10. The van der Waals surface area contributed by atoms with Gasteiger partial charge in [-0.25, -0.2) is 9.37 Å². The second-order valence-corrected chi connectivity index (χ2v) is 9.73. The highest BCUT2D eigenvalue weighted by Crippen LogP contribution is 2.45. The molecule has 1 aliphatic carbocycles. The summed E-state index contributed by atoms with van der Waals surface area (Å²) in [7, 11) is 1.67. The Morgan fingerprint density at radius 1 is 1.31 bits per heavy atom. The van der Waals surface area contributed by atoms with Gasteiger partial charge in [0.1, 0.15) is 11.9 Å². The maximum Gasteiger partial charge on any atom is 0.305 e. The van der Waals surface area contributed by atoms with Crippen molar-refractivity contribution in [2.24, 2.45) is 5.92 Å². The van der Waals surface area contributed by atoms with E-state index in [9.17, 15) is 9.59 Å². The SMILES string of the molecule is CCC(=O)O[C@@H]1[C@@H](CCC(=O)CC2CCCCC2)O[C@@H](n2cnc3c(NC)nc(N)nc32)[C@]1(C)F. The van der Waals surface area contributed by atoms with E-state index >= 15 is 4.39 Å². The average Bonchev–Trinajstić information content (AvgIpc) is 3.35. The van der Waals surface area contributed by atoms with Crippen LogP contribution in [-0.4, -0.2) is 56.2 Å². The molecular formula is C24H35FN6O4. The van der Waals surface area contributed by atoms with Gasteiger partial charge in [-0.1, -0.05) is 39.0 Å². The van der Waals surface area contributed by atoms with E-state index in [1.54, 1.807) is 14.0 Å². The fourth-order valence-corrected chi connectivity index (χ4v) is 5.24. The number of ether oxygens (including phenoxy) is 2. The molecule has 2 aliphatic rings. The molecule has 2 aromatic rings. The number of carbonyl (C=O) groups excluding carboxylic acids is 2. The Morgan fingerprint density at radius 2 is 2.06 bits per heavy atom. The zero-order valence-electron chi connectivity index (χ0n) is 20.6. The quantitative estimate of drug-likeness (QED) is 0.504. The van der Waals surface area contributed by atoms with Crippen LogP contribution in [0.3, 0.4) is 0 Å². The Balaban J connectivity index is 1.56. The number of Topliss-reactive ketones (excluding diaryl/α,β-unsaturated/α-hetero) is 1. The van der Waals surface area contributed by atoms with E-state index in [2.05, 4.69) is 20.3 Å². The standard InChI is InChI=1S/C24H35FN6O4/c1-4-17(33)35-19-16(11-10-15(32)12-14-8-6-5-7-9-14)34-22(24(19,2)25)31-13-28-18-20(27-3)29-23(26)30-21(18)31/h13-14,16,19,22H,4-12H2,1-3H3,(H3,26,27,29,30)/t16-,19-,22-,24-/m1/s1. The van der Waals surface area contributed by atoms with Crippen LogP contribution < -0.4 is 11.1 Å². The Hall–Kier alpha value is -2.82. The average molecular weight is 491 g/mol. The molecule has 0 unspecified atom stereocenters. The number of ketones is 1. The molecule has 3 N–H and O–H groups in total. The van der Waals surface area contributed by atoms with Gasteiger partial charge in [0.2, 0.25) is 5.95 Å². The van der Waals surface area contributed by atoms with Gasteiger partial charge in [-0.15, -0.1) is 0 Å². The Morgan fingerprint density at radius 3 is 2.74 bits per heavy atom. The number of rotatable bonds is 9. The maximum atomic E-state index is 16.3. The Bertz CT molecular complexity index is 1070. The third kappa shape index (κ3) is 5.24. The van der Waals surface area contributed by atoms with Crippen molar-refractivity contribution in [2.75, 3.05) is 18.1 Å². The van der Waals surface area contributed by atoms with Crippen molar-refractivity contribution in [2.45, 2.75) is 95.7 Å². The molecule has 4 rings (SSSR count). The van der Waals surface area contributed by atoms with Gasteiger partial charge in [0, 0.05) is 26.3 Å². The summed E-state index contributed by atoms with van der Waals surface area (Å²) in [5, 5.41) is 2.90.